The molecule has 0 fully saturated rings. The van der Waals surface area contributed by atoms with Gasteiger partial charge in [-0.1, -0.05) is 0 Å². The molecule has 0 saturated carbocycles. The minimum atomic E-state index is -4.41. The molecule has 6 heteroatoms. The van der Waals surface area contributed by atoms with Crippen LogP contribution < -0.4 is 4.68 Å². The van der Waals surface area contributed by atoms with Crippen LogP contribution in [0.4, 0.5) is 17.6 Å². The summed E-state index contributed by atoms with van der Waals surface area (Å²) in [6.45, 7) is 0. The summed E-state index contributed by atoms with van der Waals surface area (Å²) in [7, 11) is 2.85. The van der Waals surface area contributed by atoms with Gasteiger partial charge in [-0.15, -0.1) is 4.68 Å². The molecule has 0 N–H and O–H groups in total. The van der Waals surface area contributed by atoms with Gasteiger partial charge in [-0.3, -0.25) is 0 Å². The second-order valence-electron chi connectivity index (χ2n) is 3.97. The predicted octanol–water partition coefficient (Wildman–Crippen LogP) is 2.67. The Morgan fingerprint density at radius 3 is 2.11 bits per heavy atom. The highest BCUT2D eigenvalue weighted by Gasteiger charge is 2.39. The number of aromatic nitrogens is 2. The monoisotopic (exact) mass is 259 g/mol. The van der Waals surface area contributed by atoms with Crippen LogP contribution in [0.3, 0.4) is 0 Å². The molecule has 0 atom stereocenters. The van der Waals surface area contributed by atoms with E-state index >= 15 is 0 Å². The lowest BCUT2D eigenvalue weighted by molar-refractivity contribution is -0.742. The average molecular weight is 259 g/mol. The van der Waals surface area contributed by atoms with Gasteiger partial charge in [0.05, 0.1) is 7.05 Å². The van der Waals surface area contributed by atoms with E-state index < -0.39 is 17.7 Å². The zero-order valence-electron chi connectivity index (χ0n) is 9.79. The number of hydrogen-bond acceptors (Lipinski definition) is 0. The van der Waals surface area contributed by atoms with Crippen molar-refractivity contribution in [3.63, 3.8) is 0 Å². The molecule has 0 spiro atoms. The fraction of sp³-hybridized carbons (Fsp3) is 0.250. The van der Waals surface area contributed by atoms with Crippen LogP contribution in [0.5, 0.6) is 0 Å². The first-order valence-electron chi connectivity index (χ1n) is 5.20. The summed E-state index contributed by atoms with van der Waals surface area (Å²) in [5, 5.41) is 0. The van der Waals surface area contributed by atoms with Crippen molar-refractivity contribution in [3.8, 4) is 11.3 Å². The van der Waals surface area contributed by atoms with Gasteiger partial charge in [0.1, 0.15) is 5.82 Å². The van der Waals surface area contributed by atoms with Gasteiger partial charge in [-0.2, -0.15) is 17.9 Å². The van der Waals surface area contributed by atoms with Crippen LogP contribution in [0.25, 0.3) is 11.3 Å². The smallest absolute Gasteiger partial charge is 0.207 e. The number of nitrogens with zero attached hydrogens (tertiary/aromatic N) is 2. The third-order valence-corrected chi connectivity index (χ3v) is 2.85. The molecule has 1 aromatic heterocycles. The first kappa shape index (κ1) is 12.6. The number of halogens is 4. The zero-order chi connectivity index (χ0) is 13.5. The number of alkyl halides is 3. The molecule has 2 nitrogen and oxygen atoms in total. The standard InChI is InChI=1S/C12H11F4N2/c1-17-10(8-3-5-9(13)6-4-8)7-11(18(17)2)12(14,15)16/h3-7H,1-2H3/q+1. The second kappa shape index (κ2) is 4.12. The van der Waals surface area contributed by atoms with Crippen molar-refractivity contribution in [3.05, 3.63) is 41.8 Å². The topological polar surface area (TPSA) is 8.81 Å². The van der Waals surface area contributed by atoms with E-state index in [-0.39, 0.29) is 0 Å². The van der Waals surface area contributed by atoms with Crippen LogP contribution in [0.1, 0.15) is 5.69 Å². The Hall–Kier alpha value is -1.85. The number of hydrogen-bond donors (Lipinski definition) is 0. The van der Waals surface area contributed by atoms with Crippen LogP contribution >= 0.6 is 0 Å². The molecule has 0 aliphatic rings. The molecule has 1 aromatic carbocycles. The maximum atomic E-state index is 12.8. The maximum absolute atomic E-state index is 12.8. The van der Waals surface area contributed by atoms with Crippen LogP contribution in [-0.2, 0) is 20.3 Å². The van der Waals surface area contributed by atoms with Gasteiger partial charge in [-0.25, -0.2) is 4.39 Å². The minimum Gasteiger partial charge on any atom is -0.207 e. The summed E-state index contributed by atoms with van der Waals surface area (Å²) in [6, 6.07) is 6.38. The molecule has 1 heterocycles. The Bertz CT molecular complexity index is 567. The minimum absolute atomic E-state index is 0.379. The Morgan fingerprint density at radius 1 is 1.11 bits per heavy atom. The van der Waals surface area contributed by atoms with Crippen molar-refractivity contribution < 1.29 is 22.2 Å². The third-order valence-electron chi connectivity index (χ3n) is 2.85. The lowest BCUT2D eigenvalue weighted by Gasteiger charge is -2.03. The van der Waals surface area contributed by atoms with E-state index in [2.05, 4.69) is 0 Å². The molecule has 18 heavy (non-hydrogen) atoms. The molecular formula is C12H11F4N2+. The Labute approximate surface area is 101 Å². The Morgan fingerprint density at radius 2 is 1.67 bits per heavy atom. The summed E-state index contributed by atoms with van der Waals surface area (Å²) in [6.07, 6.45) is -4.41. The maximum Gasteiger partial charge on any atom is 0.437 e. The Balaban J connectivity index is 2.56. The highest BCUT2D eigenvalue weighted by molar-refractivity contribution is 5.56. The fourth-order valence-electron chi connectivity index (χ4n) is 1.80. The third kappa shape index (κ3) is 2.10. The van der Waals surface area contributed by atoms with Crippen LogP contribution in [-0.4, -0.2) is 4.68 Å². The summed E-state index contributed by atoms with van der Waals surface area (Å²) in [5.41, 5.74) is 0.166. The largest absolute Gasteiger partial charge is 0.437 e. The summed E-state index contributed by atoms with van der Waals surface area (Å²) in [4.78, 5) is 0. The molecule has 0 amide bonds. The molecular weight excluding hydrogens is 248 g/mol. The first-order chi connectivity index (χ1) is 8.30. The van der Waals surface area contributed by atoms with Gasteiger partial charge in [0.2, 0.25) is 5.69 Å². The molecule has 0 unspecified atom stereocenters. The number of benzene rings is 1. The van der Waals surface area contributed by atoms with Gasteiger partial charge < -0.3 is 0 Å². The van der Waals surface area contributed by atoms with Gasteiger partial charge in [-0.05, 0) is 24.3 Å². The van der Waals surface area contributed by atoms with E-state index in [0.29, 0.717) is 11.3 Å². The molecule has 2 rings (SSSR count). The molecule has 2 aromatic rings. The SMILES string of the molecule is Cn1c(C(F)(F)F)cc(-c2ccc(F)cc2)[n+]1C. The predicted molar refractivity (Wildman–Crippen MR) is 57.0 cm³/mol. The van der Waals surface area contributed by atoms with Gasteiger partial charge in [0.25, 0.3) is 0 Å². The molecule has 96 valence electrons. The van der Waals surface area contributed by atoms with E-state index in [4.69, 9.17) is 0 Å². The van der Waals surface area contributed by atoms with Crippen LogP contribution in [0, 0.1) is 5.82 Å². The van der Waals surface area contributed by atoms with Gasteiger partial charge in [0, 0.05) is 11.6 Å². The van der Waals surface area contributed by atoms with Crippen molar-refractivity contribution in [1.29, 1.82) is 0 Å². The second-order valence-corrected chi connectivity index (χ2v) is 3.97. The van der Waals surface area contributed by atoms with Crippen LogP contribution in [0.15, 0.2) is 30.3 Å². The first-order valence-corrected chi connectivity index (χ1v) is 5.20. The summed E-state index contributed by atoms with van der Waals surface area (Å²) >= 11 is 0. The average Bonchev–Trinajstić information content (AvgIpc) is 2.57. The highest BCUT2D eigenvalue weighted by Crippen LogP contribution is 2.30. The molecule has 0 radical (unpaired) electrons. The lowest BCUT2D eigenvalue weighted by atomic mass is 10.1. The zero-order valence-corrected chi connectivity index (χ0v) is 9.79. The van der Waals surface area contributed by atoms with E-state index in [1.807, 2.05) is 0 Å². The molecule has 0 aliphatic carbocycles. The quantitative estimate of drug-likeness (QED) is 0.550. The van der Waals surface area contributed by atoms with E-state index in [1.54, 1.807) is 0 Å². The van der Waals surface area contributed by atoms with Crippen molar-refractivity contribution in [1.82, 2.24) is 4.68 Å². The fourth-order valence-corrected chi connectivity index (χ4v) is 1.80. The van der Waals surface area contributed by atoms with Crippen molar-refractivity contribution >= 4 is 0 Å². The van der Waals surface area contributed by atoms with Gasteiger partial charge in [0.15, 0.2) is 12.7 Å². The molecule has 0 bridgehead atoms. The lowest BCUT2D eigenvalue weighted by Crippen LogP contribution is -2.40. The summed E-state index contributed by atoms with van der Waals surface area (Å²) < 4.78 is 53.4. The van der Waals surface area contributed by atoms with Crippen molar-refractivity contribution in [2.75, 3.05) is 0 Å². The molecule has 0 aliphatic heterocycles. The van der Waals surface area contributed by atoms with E-state index in [1.165, 1.54) is 43.0 Å². The number of rotatable bonds is 1. The highest BCUT2D eigenvalue weighted by atomic mass is 19.4. The van der Waals surface area contributed by atoms with E-state index in [9.17, 15) is 17.6 Å². The summed E-state index contributed by atoms with van der Waals surface area (Å²) in [5.74, 6) is -0.423. The van der Waals surface area contributed by atoms with Crippen molar-refractivity contribution in [2.45, 2.75) is 6.18 Å². The van der Waals surface area contributed by atoms with Crippen molar-refractivity contribution in [2.24, 2.45) is 14.1 Å². The Kier molecular flexibility index (Phi) is 2.88. The van der Waals surface area contributed by atoms with E-state index in [0.717, 1.165) is 10.7 Å². The van der Waals surface area contributed by atoms with Gasteiger partial charge >= 0.3 is 6.18 Å². The van der Waals surface area contributed by atoms with Crippen LogP contribution in [0.2, 0.25) is 0 Å². The molecule has 0 saturated heterocycles. The normalized spacial score (nSPS) is 11.9.